The average Bonchev–Trinajstić information content (AvgIpc) is 3.09. The highest BCUT2D eigenvalue weighted by atomic mass is 16.6. The number of hydrogen-bond donors (Lipinski definition) is 2. The maximum Gasteiger partial charge on any atom is 0.410 e. The number of benzene rings is 2. The number of carbonyl (C=O) groups is 2. The number of nitrogens with zero attached hydrogens (tertiary/aromatic N) is 1. The van der Waals surface area contributed by atoms with E-state index in [0.717, 1.165) is 27.2 Å². The lowest BCUT2D eigenvalue weighted by Crippen LogP contribution is -2.44. The molecule has 0 radical (unpaired) electrons. The second-order valence-corrected chi connectivity index (χ2v) is 7.53. The SMILES string of the molecule is CN(C(=O)OCC1c2ccccc2-c2ccccc21)[C@@H](Cc1cc[nH]c(=O)c1)C(=O)O. The zero-order chi connectivity index (χ0) is 22.0. The van der Waals surface area contributed by atoms with Gasteiger partial charge in [0.05, 0.1) is 0 Å². The Kier molecular flexibility index (Phi) is 5.58. The predicted molar refractivity (Wildman–Crippen MR) is 115 cm³/mol. The van der Waals surface area contributed by atoms with Crippen molar-refractivity contribution in [1.29, 1.82) is 0 Å². The van der Waals surface area contributed by atoms with E-state index >= 15 is 0 Å². The molecular weight excluding hydrogens is 396 g/mol. The molecule has 0 saturated heterocycles. The van der Waals surface area contributed by atoms with Crippen LogP contribution in [0.15, 0.2) is 71.7 Å². The van der Waals surface area contributed by atoms with Crippen molar-refractivity contribution in [3.63, 3.8) is 0 Å². The van der Waals surface area contributed by atoms with Gasteiger partial charge in [-0.25, -0.2) is 9.59 Å². The summed E-state index contributed by atoms with van der Waals surface area (Å²) in [5.41, 5.74) is 4.59. The minimum Gasteiger partial charge on any atom is -0.480 e. The number of fused-ring (bicyclic) bond motifs is 3. The Labute approximate surface area is 178 Å². The number of amides is 1. The summed E-state index contributed by atoms with van der Waals surface area (Å²) >= 11 is 0. The van der Waals surface area contributed by atoms with E-state index in [9.17, 15) is 19.5 Å². The highest BCUT2D eigenvalue weighted by Gasteiger charge is 2.32. The quantitative estimate of drug-likeness (QED) is 0.640. The number of pyridine rings is 1. The molecule has 1 heterocycles. The van der Waals surface area contributed by atoms with Crippen molar-refractivity contribution in [3.8, 4) is 11.1 Å². The third-order valence-corrected chi connectivity index (χ3v) is 5.65. The molecule has 1 amide bonds. The van der Waals surface area contributed by atoms with E-state index in [2.05, 4.69) is 4.98 Å². The lowest BCUT2D eigenvalue weighted by atomic mass is 9.98. The van der Waals surface area contributed by atoms with Gasteiger partial charge < -0.3 is 14.8 Å². The van der Waals surface area contributed by atoms with Gasteiger partial charge >= 0.3 is 12.1 Å². The van der Waals surface area contributed by atoms with E-state index in [1.165, 1.54) is 19.3 Å². The Hall–Kier alpha value is -3.87. The summed E-state index contributed by atoms with van der Waals surface area (Å²) < 4.78 is 5.55. The number of ether oxygens (including phenoxy) is 1. The molecular formula is C24H22N2O5. The summed E-state index contributed by atoms with van der Waals surface area (Å²) in [6.45, 7) is 0.106. The first-order chi connectivity index (χ1) is 15.0. The van der Waals surface area contributed by atoms with Gasteiger partial charge in [-0.3, -0.25) is 9.69 Å². The number of H-pyrrole nitrogens is 1. The standard InChI is InChI=1S/C24H22N2O5/c1-26(21(23(28)29)12-15-10-11-25-22(27)13-15)24(30)31-14-20-18-8-4-2-6-16(18)17-7-3-5-9-19(17)20/h2-11,13,20-21H,12,14H2,1H3,(H,25,27)(H,28,29)/t21-/m0/s1. The van der Waals surface area contributed by atoms with Gasteiger partial charge in [0.15, 0.2) is 0 Å². The summed E-state index contributed by atoms with van der Waals surface area (Å²) in [4.78, 5) is 39.5. The van der Waals surface area contributed by atoms with Gasteiger partial charge in [-0.1, -0.05) is 48.5 Å². The van der Waals surface area contributed by atoms with Crippen LogP contribution in [0.4, 0.5) is 4.79 Å². The molecule has 1 atom stereocenters. The molecule has 0 saturated carbocycles. The fourth-order valence-electron chi connectivity index (χ4n) is 4.05. The molecule has 2 aromatic carbocycles. The number of carboxylic acid groups (broad SMARTS) is 1. The van der Waals surface area contributed by atoms with E-state index in [1.807, 2.05) is 48.5 Å². The first-order valence-corrected chi connectivity index (χ1v) is 9.94. The van der Waals surface area contributed by atoms with Crippen molar-refractivity contribution in [2.45, 2.75) is 18.4 Å². The Morgan fingerprint density at radius 1 is 1.06 bits per heavy atom. The molecule has 0 spiro atoms. The lowest BCUT2D eigenvalue weighted by Gasteiger charge is -2.25. The fourth-order valence-corrected chi connectivity index (χ4v) is 4.05. The van der Waals surface area contributed by atoms with Crippen molar-refractivity contribution in [2.24, 2.45) is 0 Å². The van der Waals surface area contributed by atoms with Gasteiger partial charge in [-0.2, -0.15) is 0 Å². The van der Waals surface area contributed by atoms with Gasteiger partial charge in [0.1, 0.15) is 12.6 Å². The van der Waals surface area contributed by atoms with Crippen LogP contribution in [-0.2, 0) is 16.0 Å². The van der Waals surface area contributed by atoms with E-state index < -0.39 is 18.1 Å². The van der Waals surface area contributed by atoms with Crippen LogP contribution < -0.4 is 5.56 Å². The van der Waals surface area contributed by atoms with Crippen LogP contribution in [0.2, 0.25) is 0 Å². The number of likely N-dealkylation sites (N-methyl/N-ethyl adjacent to an activating group) is 1. The first kappa shape index (κ1) is 20.4. The summed E-state index contributed by atoms with van der Waals surface area (Å²) in [5.74, 6) is -1.28. The molecule has 0 fully saturated rings. The average molecular weight is 418 g/mol. The lowest BCUT2D eigenvalue weighted by molar-refractivity contribution is -0.142. The number of aromatic amines is 1. The summed E-state index contributed by atoms with van der Waals surface area (Å²) in [7, 11) is 1.39. The third-order valence-electron chi connectivity index (χ3n) is 5.65. The molecule has 0 unspecified atom stereocenters. The van der Waals surface area contributed by atoms with Gasteiger partial charge in [-0.05, 0) is 33.9 Å². The topological polar surface area (TPSA) is 99.7 Å². The Bertz CT molecular complexity index is 1140. The van der Waals surface area contributed by atoms with Crippen LogP contribution >= 0.6 is 0 Å². The maximum atomic E-state index is 12.7. The fraction of sp³-hybridized carbons (Fsp3) is 0.208. The number of rotatable bonds is 6. The second-order valence-electron chi connectivity index (χ2n) is 7.53. The predicted octanol–water partition coefficient (Wildman–Crippen LogP) is 3.25. The molecule has 1 aliphatic carbocycles. The molecule has 2 N–H and O–H groups in total. The van der Waals surface area contributed by atoms with Crippen molar-refractivity contribution in [1.82, 2.24) is 9.88 Å². The normalized spacial score (nSPS) is 13.2. The van der Waals surface area contributed by atoms with E-state index in [4.69, 9.17) is 4.74 Å². The number of aliphatic carboxylic acids is 1. The minimum atomic E-state index is -1.17. The smallest absolute Gasteiger partial charge is 0.410 e. The molecule has 3 aromatic rings. The molecule has 158 valence electrons. The van der Waals surface area contributed by atoms with Crippen molar-refractivity contribution in [2.75, 3.05) is 13.7 Å². The van der Waals surface area contributed by atoms with Gasteiger partial charge in [0.25, 0.3) is 0 Å². The number of nitrogens with one attached hydrogen (secondary N) is 1. The number of carboxylic acids is 1. The van der Waals surface area contributed by atoms with Crippen molar-refractivity contribution in [3.05, 3.63) is 93.9 Å². The Balaban J connectivity index is 1.49. The van der Waals surface area contributed by atoms with Crippen LogP contribution in [0, 0.1) is 0 Å². The van der Waals surface area contributed by atoms with Crippen LogP contribution in [0.5, 0.6) is 0 Å². The maximum absolute atomic E-state index is 12.7. The monoisotopic (exact) mass is 418 g/mol. The molecule has 0 bridgehead atoms. The Morgan fingerprint density at radius 3 is 2.26 bits per heavy atom. The van der Waals surface area contributed by atoms with Crippen LogP contribution in [0.1, 0.15) is 22.6 Å². The van der Waals surface area contributed by atoms with Crippen LogP contribution in [0.3, 0.4) is 0 Å². The zero-order valence-corrected chi connectivity index (χ0v) is 16.9. The highest BCUT2D eigenvalue weighted by molar-refractivity contribution is 5.81. The summed E-state index contributed by atoms with van der Waals surface area (Å²) in [6.07, 6.45) is 0.725. The molecule has 7 nitrogen and oxygen atoms in total. The van der Waals surface area contributed by atoms with Crippen LogP contribution in [0.25, 0.3) is 11.1 Å². The van der Waals surface area contributed by atoms with Gasteiger partial charge in [0, 0.05) is 31.6 Å². The van der Waals surface area contributed by atoms with Gasteiger partial charge in [-0.15, -0.1) is 0 Å². The molecule has 31 heavy (non-hydrogen) atoms. The molecule has 4 rings (SSSR count). The molecule has 1 aliphatic rings. The molecule has 7 heteroatoms. The second kappa shape index (κ2) is 8.47. The molecule has 1 aromatic heterocycles. The third kappa shape index (κ3) is 4.07. The first-order valence-electron chi connectivity index (χ1n) is 9.94. The molecule has 0 aliphatic heterocycles. The minimum absolute atomic E-state index is 0.0000509. The van der Waals surface area contributed by atoms with Crippen molar-refractivity contribution >= 4 is 12.1 Å². The summed E-state index contributed by atoms with van der Waals surface area (Å²) in [6, 6.07) is 17.8. The number of hydrogen-bond acceptors (Lipinski definition) is 4. The Morgan fingerprint density at radius 2 is 1.68 bits per heavy atom. The highest BCUT2D eigenvalue weighted by Crippen LogP contribution is 2.44. The number of aromatic nitrogens is 1. The number of carbonyl (C=O) groups excluding carboxylic acids is 1. The largest absolute Gasteiger partial charge is 0.480 e. The van der Waals surface area contributed by atoms with E-state index in [0.29, 0.717) is 5.56 Å². The van der Waals surface area contributed by atoms with Gasteiger partial charge in [0.2, 0.25) is 5.56 Å². The van der Waals surface area contributed by atoms with E-state index in [-0.39, 0.29) is 24.5 Å². The van der Waals surface area contributed by atoms with E-state index in [1.54, 1.807) is 6.07 Å². The summed E-state index contributed by atoms with van der Waals surface area (Å²) in [5, 5.41) is 9.63. The van der Waals surface area contributed by atoms with Crippen LogP contribution in [-0.4, -0.2) is 46.7 Å². The van der Waals surface area contributed by atoms with Crippen molar-refractivity contribution < 1.29 is 19.4 Å². The zero-order valence-electron chi connectivity index (χ0n) is 16.9.